The third-order valence-corrected chi connectivity index (χ3v) is 12.8. The van der Waals surface area contributed by atoms with Crippen LogP contribution in [0.4, 0.5) is 17.1 Å². The summed E-state index contributed by atoms with van der Waals surface area (Å²) < 4.78 is 6.59. The van der Waals surface area contributed by atoms with Crippen molar-refractivity contribution in [1.82, 2.24) is 0 Å². The summed E-state index contributed by atoms with van der Waals surface area (Å²) in [6.45, 7) is 4.73. The lowest BCUT2D eigenvalue weighted by atomic mass is 9.82. The second-order valence-corrected chi connectivity index (χ2v) is 16.4. The average Bonchev–Trinajstić information content (AvgIpc) is 3.79. The fourth-order valence-electron chi connectivity index (χ4n) is 10.1. The number of hydrogen-bond acceptors (Lipinski definition) is 2. The van der Waals surface area contributed by atoms with Gasteiger partial charge in [-0.05, 0) is 108 Å². The molecule has 1 heterocycles. The van der Waals surface area contributed by atoms with E-state index in [1.165, 1.54) is 71.3 Å². The van der Waals surface area contributed by atoms with Crippen LogP contribution < -0.4 is 4.90 Å². The quantitative estimate of drug-likeness (QED) is 0.163. The van der Waals surface area contributed by atoms with Gasteiger partial charge in [0, 0.05) is 27.4 Å². The SMILES string of the molecule is CC1(C)c2ccccc2-c2ccc(N(c3ccc4c5ccccc5c5ccccc5c4c3-c3cccc(-c4ccccc4)c3)c3cccc4oc5ccccc5c34)cc21. The van der Waals surface area contributed by atoms with Crippen molar-refractivity contribution < 1.29 is 4.42 Å². The van der Waals surface area contributed by atoms with Gasteiger partial charge in [-0.1, -0.05) is 172 Å². The first-order valence-electron chi connectivity index (χ1n) is 20.5. The molecule has 0 saturated carbocycles. The Morgan fingerprint density at radius 3 is 1.78 bits per heavy atom. The summed E-state index contributed by atoms with van der Waals surface area (Å²) in [5.41, 5.74) is 14.9. The van der Waals surface area contributed by atoms with Crippen molar-refractivity contribution in [1.29, 1.82) is 0 Å². The van der Waals surface area contributed by atoms with Crippen LogP contribution in [0.3, 0.4) is 0 Å². The molecule has 10 aromatic carbocycles. The van der Waals surface area contributed by atoms with Gasteiger partial charge in [0.2, 0.25) is 0 Å². The van der Waals surface area contributed by atoms with Crippen molar-refractivity contribution in [3.63, 3.8) is 0 Å². The molecule has 2 heteroatoms. The molecule has 0 aliphatic heterocycles. The Morgan fingerprint density at radius 1 is 0.373 bits per heavy atom. The second kappa shape index (κ2) is 12.8. The van der Waals surface area contributed by atoms with Crippen molar-refractivity contribution >= 4 is 71.3 Å². The van der Waals surface area contributed by atoms with E-state index in [4.69, 9.17) is 4.42 Å². The van der Waals surface area contributed by atoms with Gasteiger partial charge in [-0.25, -0.2) is 0 Å². The largest absolute Gasteiger partial charge is 0.456 e. The molecule has 11 aromatic rings. The first-order chi connectivity index (χ1) is 29.0. The highest BCUT2D eigenvalue weighted by Gasteiger charge is 2.36. The van der Waals surface area contributed by atoms with Gasteiger partial charge in [-0.2, -0.15) is 0 Å². The van der Waals surface area contributed by atoms with Crippen LogP contribution in [-0.4, -0.2) is 0 Å². The van der Waals surface area contributed by atoms with E-state index in [-0.39, 0.29) is 5.41 Å². The monoisotopic (exact) mass is 753 g/mol. The van der Waals surface area contributed by atoms with E-state index in [1.807, 2.05) is 0 Å². The minimum Gasteiger partial charge on any atom is -0.456 e. The van der Waals surface area contributed by atoms with Gasteiger partial charge in [0.05, 0.1) is 16.8 Å². The Kier molecular flexibility index (Phi) is 7.31. The molecule has 59 heavy (non-hydrogen) atoms. The van der Waals surface area contributed by atoms with Gasteiger partial charge in [-0.15, -0.1) is 0 Å². The molecule has 0 radical (unpaired) electrons. The van der Waals surface area contributed by atoms with Crippen LogP contribution in [0.2, 0.25) is 0 Å². The third-order valence-electron chi connectivity index (χ3n) is 12.8. The third kappa shape index (κ3) is 5.00. The number of rotatable bonds is 5. The molecule has 12 rings (SSSR count). The molecule has 1 aromatic heterocycles. The summed E-state index contributed by atoms with van der Waals surface area (Å²) in [6, 6.07) is 73.3. The molecule has 0 atom stereocenters. The molecule has 278 valence electrons. The first-order valence-corrected chi connectivity index (χ1v) is 20.5. The Labute approximate surface area is 343 Å². The summed E-state index contributed by atoms with van der Waals surface area (Å²) in [5.74, 6) is 0. The number of anilines is 3. The molecule has 0 N–H and O–H groups in total. The number of benzene rings is 10. The molecule has 2 nitrogen and oxygen atoms in total. The summed E-state index contributed by atoms with van der Waals surface area (Å²) in [7, 11) is 0. The lowest BCUT2D eigenvalue weighted by Gasteiger charge is -2.31. The van der Waals surface area contributed by atoms with E-state index in [0.717, 1.165) is 44.6 Å². The van der Waals surface area contributed by atoms with Crippen molar-refractivity contribution in [2.75, 3.05) is 4.90 Å². The first kappa shape index (κ1) is 33.7. The van der Waals surface area contributed by atoms with Crippen LogP contribution in [-0.2, 0) is 5.41 Å². The van der Waals surface area contributed by atoms with Crippen LogP contribution in [0.15, 0.2) is 205 Å². The Balaban J connectivity index is 1.24. The fraction of sp³-hybridized carbons (Fsp3) is 0.0526. The minimum atomic E-state index is -0.173. The minimum absolute atomic E-state index is 0.173. The van der Waals surface area contributed by atoms with Crippen molar-refractivity contribution in [3.8, 4) is 33.4 Å². The Hall–Kier alpha value is -7.42. The van der Waals surface area contributed by atoms with E-state index in [2.05, 4.69) is 219 Å². The number of furan rings is 1. The number of fused-ring (bicyclic) bond motifs is 12. The fourth-order valence-corrected chi connectivity index (χ4v) is 10.1. The zero-order valence-corrected chi connectivity index (χ0v) is 32.9. The van der Waals surface area contributed by atoms with Crippen molar-refractivity contribution in [3.05, 3.63) is 211 Å². The predicted molar refractivity (Wildman–Crippen MR) is 249 cm³/mol. The molecular weight excluding hydrogens is 715 g/mol. The molecule has 0 saturated heterocycles. The maximum absolute atomic E-state index is 6.59. The van der Waals surface area contributed by atoms with Crippen LogP contribution >= 0.6 is 0 Å². The standard InChI is InChI=1S/C57H39NO/c1-57(2)48-26-12-10-23-43(48)44-31-30-39(35-49(44)57)58(50-27-15-29-53-56(50)47-25-11-13-28-52(47)59-53)51-33-32-46-42-22-7-6-20-40(42)41-21-8-9-24-45(41)55(46)54(51)38-19-14-18-37(34-38)36-16-4-3-5-17-36/h3-35H,1-2H3. The van der Waals surface area contributed by atoms with E-state index >= 15 is 0 Å². The molecule has 0 bridgehead atoms. The molecule has 1 aliphatic carbocycles. The predicted octanol–water partition coefficient (Wildman–Crippen LogP) is 16.2. The van der Waals surface area contributed by atoms with Crippen molar-refractivity contribution in [2.45, 2.75) is 19.3 Å². The lowest BCUT2D eigenvalue weighted by molar-refractivity contribution is 0.660. The molecule has 0 fully saturated rings. The van der Waals surface area contributed by atoms with Crippen LogP contribution in [0.1, 0.15) is 25.0 Å². The van der Waals surface area contributed by atoms with Gasteiger partial charge in [0.1, 0.15) is 11.2 Å². The highest BCUT2D eigenvalue weighted by molar-refractivity contribution is 6.30. The highest BCUT2D eigenvalue weighted by atomic mass is 16.3. The zero-order valence-electron chi connectivity index (χ0n) is 32.9. The molecule has 1 aliphatic rings. The van der Waals surface area contributed by atoms with Gasteiger partial charge >= 0.3 is 0 Å². The number of para-hydroxylation sites is 1. The lowest BCUT2D eigenvalue weighted by Crippen LogP contribution is -2.17. The Morgan fingerprint density at radius 2 is 0.966 bits per heavy atom. The summed E-state index contributed by atoms with van der Waals surface area (Å²) in [5, 5.41) is 9.67. The van der Waals surface area contributed by atoms with Gasteiger partial charge in [-0.3, -0.25) is 0 Å². The molecule has 0 unspecified atom stereocenters. The number of hydrogen-bond donors (Lipinski definition) is 0. The van der Waals surface area contributed by atoms with E-state index in [9.17, 15) is 0 Å². The second-order valence-electron chi connectivity index (χ2n) is 16.4. The maximum Gasteiger partial charge on any atom is 0.137 e. The van der Waals surface area contributed by atoms with E-state index in [1.54, 1.807) is 0 Å². The zero-order chi connectivity index (χ0) is 39.2. The van der Waals surface area contributed by atoms with Gasteiger partial charge in [0.15, 0.2) is 0 Å². The summed E-state index contributed by atoms with van der Waals surface area (Å²) in [4.78, 5) is 2.51. The topological polar surface area (TPSA) is 16.4 Å². The van der Waals surface area contributed by atoms with Gasteiger partial charge < -0.3 is 9.32 Å². The van der Waals surface area contributed by atoms with E-state index in [0.29, 0.717) is 0 Å². The van der Waals surface area contributed by atoms with Gasteiger partial charge in [0.25, 0.3) is 0 Å². The normalized spacial score (nSPS) is 13.1. The van der Waals surface area contributed by atoms with Crippen LogP contribution in [0.5, 0.6) is 0 Å². The molecule has 0 amide bonds. The smallest absolute Gasteiger partial charge is 0.137 e. The van der Waals surface area contributed by atoms with Crippen LogP contribution in [0, 0.1) is 0 Å². The summed E-state index contributed by atoms with van der Waals surface area (Å²) in [6.07, 6.45) is 0. The molecule has 0 spiro atoms. The maximum atomic E-state index is 6.59. The average molecular weight is 754 g/mol. The van der Waals surface area contributed by atoms with Crippen LogP contribution in [0.25, 0.3) is 87.6 Å². The van der Waals surface area contributed by atoms with Crippen molar-refractivity contribution in [2.24, 2.45) is 0 Å². The Bertz CT molecular complexity index is 3450. The van der Waals surface area contributed by atoms with E-state index < -0.39 is 0 Å². The molecular formula is C57H39NO. The highest BCUT2D eigenvalue weighted by Crippen LogP contribution is 2.54. The summed E-state index contributed by atoms with van der Waals surface area (Å²) >= 11 is 0. The number of nitrogens with zero attached hydrogens (tertiary/aromatic N) is 1.